The Kier molecular flexibility index (Phi) is 2.59. The zero-order valence-corrected chi connectivity index (χ0v) is 8.25. The summed E-state index contributed by atoms with van der Waals surface area (Å²) in [6.45, 7) is 1.74. The summed E-state index contributed by atoms with van der Waals surface area (Å²) < 4.78 is 5.08. The SMILES string of the molecule is COC(=O)c1c(N)sc(Cl)c1C. The van der Waals surface area contributed by atoms with E-state index in [1.807, 2.05) is 0 Å². The van der Waals surface area contributed by atoms with Crippen LogP contribution >= 0.6 is 22.9 Å². The predicted molar refractivity (Wildman–Crippen MR) is 49.8 cm³/mol. The van der Waals surface area contributed by atoms with E-state index in [4.69, 9.17) is 17.3 Å². The molecule has 0 aromatic carbocycles. The number of anilines is 1. The van der Waals surface area contributed by atoms with Crippen molar-refractivity contribution in [3.8, 4) is 0 Å². The normalized spacial score (nSPS) is 9.92. The number of rotatable bonds is 1. The second kappa shape index (κ2) is 3.33. The number of hydrogen-bond acceptors (Lipinski definition) is 4. The van der Waals surface area contributed by atoms with E-state index in [9.17, 15) is 4.79 Å². The molecule has 0 radical (unpaired) electrons. The maximum atomic E-state index is 11.1. The molecule has 0 atom stereocenters. The second-order valence-corrected chi connectivity index (χ2v) is 3.89. The van der Waals surface area contributed by atoms with Crippen molar-refractivity contribution >= 4 is 33.9 Å². The van der Waals surface area contributed by atoms with Crippen LogP contribution < -0.4 is 5.73 Å². The summed E-state index contributed by atoms with van der Waals surface area (Å²) in [5.74, 6) is -0.437. The number of thiophene rings is 1. The van der Waals surface area contributed by atoms with Gasteiger partial charge in [-0.2, -0.15) is 0 Å². The molecule has 0 aliphatic heterocycles. The fraction of sp³-hybridized carbons (Fsp3) is 0.286. The molecular formula is C7H8ClNO2S. The van der Waals surface area contributed by atoms with E-state index in [0.717, 1.165) is 0 Å². The molecule has 0 aliphatic rings. The molecule has 0 unspecified atom stereocenters. The summed E-state index contributed by atoms with van der Waals surface area (Å²) in [5, 5.41) is 0.407. The summed E-state index contributed by atoms with van der Waals surface area (Å²) in [6, 6.07) is 0. The Morgan fingerprint density at radius 3 is 2.58 bits per heavy atom. The number of methoxy groups -OCH3 is 1. The van der Waals surface area contributed by atoms with Crippen molar-refractivity contribution < 1.29 is 9.53 Å². The molecule has 1 aromatic rings. The van der Waals surface area contributed by atoms with Crippen LogP contribution in [-0.2, 0) is 4.74 Å². The van der Waals surface area contributed by atoms with Crippen molar-refractivity contribution in [1.29, 1.82) is 0 Å². The molecule has 0 aliphatic carbocycles. The average Bonchev–Trinajstić information content (AvgIpc) is 2.26. The number of halogens is 1. The van der Waals surface area contributed by atoms with E-state index in [-0.39, 0.29) is 0 Å². The standard InChI is InChI=1S/C7H8ClNO2S/c1-3-4(7(10)11-2)6(9)12-5(3)8/h9H2,1-2H3. The Morgan fingerprint density at radius 1 is 1.67 bits per heavy atom. The highest BCUT2D eigenvalue weighted by atomic mass is 35.5. The molecule has 0 bridgehead atoms. The van der Waals surface area contributed by atoms with Crippen LogP contribution in [0.1, 0.15) is 15.9 Å². The summed E-state index contributed by atoms with van der Waals surface area (Å²) in [6.07, 6.45) is 0. The monoisotopic (exact) mass is 205 g/mol. The second-order valence-electron chi connectivity index (χ2n) is 2.23. The Morgan fingerprint density at radius 2 is 2.25 bits per heavy atom. The Balaban J connectivity index is 3.22. The van der Waals surface area contributed by atoms with Gasteiger partial charge < -0.3 is 10.5 Å². The molecule has 12 heavy (non-hydrogen) atoms. The smallest absolute Gasteiger partial charge is 0.341 e. The third-order valence-corrected chi connectivity index (χ3v) is 2.93. The number of ether oxygens (including phenoxy) is 1. The third kappa shape index (κ3) is 1.40. The van der Waals surface area contributed by atoms with Gasteiger partial charge in [0.2, 0.25) is 0 Å². The molecule has 0 spiro atoms. The van der Waals surface area contributed by atoms with Crippen LogP contribution in [-0.4, -0.2) is 13.1 Å². The van der Waals surface area contributed by atoms with E-state index in [1.165, 1.54) is 18.4 Å². The number of esters is 1. The minimum Gasteiger partial charge on any atom is -0.465 e. The van der Waals surface area contributed by atoms with Crippen LogP contribution in [0.4, 0.5) is 5.00 Å². The van der Waals surface area contributed by atoms with Crippen LogP contribution in [0.15, 0.2) is 0 Å². The maximum absolute atomic E-state index is 11.1. The third-order valence-electron chi connectivity index (χ3n) is 1.51. The van der Waals surface area contributed by atoms with Crippen LogP contribution in [0.2, 0.25) is 4.34 Å². The molecule has 66 valence electrons. The van der Waals surface area contributed by atoms with Crippen LogP contribution in [0, 0.1) is 6.92 Å². The molecule has 1 heterocycles. The van der Waals surface area contributed by atoms with Gasteiger partial charge >= 0.3 is 5.97 Å². The minimum atomic E-state index is -0.437. The molecule has 0 amide bonds. The van der Waals surface area contributed by atoms with Crippen molar-refractivity contribution in [3.05, 3.63) is 15.5 Å². The number of carbonyl (C=O) groups is 1. The first kappa shape index (κ1) is 9.35. The molecule has 1 aromatic heterocycles. The summed E-state index contributed by atoms with van der Waals surface area (Å²) in [7, 11) is 1.31. The van der Waals surface area contributed by atoms with Crippen molar-refractivity contribution in [1.82, 2.24) is 0 Å². The molecule has 0 saturated carbocycles. The Hall–Kier alpha value is -0.740. The summed E-state index contributed by atoms with van der Waals surface area (Å²) >= 11 is 6.95. The number of nitrogens with two attached hydrogens (primary N) is 1. The van der Waals surface area contributed by atoms with Gasteiger partial charge in [0.15, 0.2) is 0 Å². The van der Waals surface area contributed by atoms with Crippen molar-refractivity contribution in [3.63, 3.8) is 0 Å². The molecular weight excluding hydrogens is 198 g/mol. The topological polar surface area (TPSA) is 52.3 Å². The lowest BCUT2D eigenvalue weighted by Gasteiger charge is -1.98. The quantitative estimate of drug-likeness (QED) is 0.715. The van der Waals surface area contributed by atoms with Gasteiger partial charge in [-0.3, -0.25) is 0 Å². The minimum absolute atomic E-state index is 0.382. The highest BCUT2D eigenvalue weighted by Crippen LogP contribution is 2.34. The van der Waals surface area contributed by atoms with E-state index < -0.39 is 5.97 Å². The molecule has 0 saturated heterocycles. The van der Waals surface area contributed by atoms with Gasteiger partial charge in [0.1, 0.15) is 5.00 Å². The van der Waals surface area contributed by atoms with Gasteiger partial charge in [-0.15, -0.1) is 11.3 Å². The average molecular weight is 206 g/mol. The maximum Gasteiger partial charge on any atom is 0.341 e. The van der Waals surface area contributed by atoms with Crippen LogP contribution in [0.5, 0.6) is 0 Å². The number of carbonyl (C=O) groups excluding carboxylic acids is 1. The number of nitrogen functional groups attached to an aromatic ring is 1. The highest BCUT2D eigenvalue weighted by Gasteiger charge is 2.18. The van der Waals surface area contributed by atoms with Crippen LogP contribution in [0.3, 0.4) is 0 Å². The molecule has 3 nitrogen and oxygen atoms in total. The van der Waals surface area contributed by atoms with Gasteiger partial charge in [0, 0.05) is 0 Å². The van der Waals surface area contributed by atoms with Gasteiger partial charge in [0.05, 0.1) is 17.0 Å². The zero-order chi connectivity index (χ0) is 9.30. The van der Waals surface area contributed by atoms with E-state index in [2.05, 4.69) is 4.74 Å². The Labute approximate surface area is 79.1 Å². The van der Waals surface area contributed by atoms with E-state index in [1.54, 1.807) is 6.92 Å². The highest BCUT2D eigenvalue weighted by molar-refractivity contribution is 7.20. The van der Waals surface area contributed by atoms with Crippen molar-refractivity contribution in [2.24, 2.45) is 0 Å². The lowest BCUT2D eigenvalue weighted by molar-refractivity contribution is 0.0601. The van der Waals surface area contributed by atoms with Gasteiger partial charge in [-0.25, -0.2) is 4.79 Å². The predicted octanol–water partition coefficient (Wildman–Crippen LogP) is 2.08. The van der Waals surface area contributed by atoms with Crippen molar-refractivity contribution in [2.45, 2.75) is 6.92 Å². The zero-order valence-electron chi connectivity index (χ0n) is 6.68. The van der Waals surface area contributed by atoms with Crippen LogP contribution in [0.25, 0.3) is 0 Å². The first-order valence-corrected chi connectivity index (χ1v) is 4.40. The lowest BCUT2D eigenvalue weighted by atomic mass is 10.2. The first-order valence-electron chi connectivity index (χ1n) is 3.20. The van der Waals surface area contributed by atoms with Crippen molar-refractivity contribution in [2.75, 3.05) is 12.8 Å². The first-order chi connectivity index (χ1) is 5.57. The van der Waals surface area contributed by atoms with E-state index >= 15 is 0 Å². The van der Waals surface area contributed by atoms with Gasteiger partial charge in [0.25, 0.3) is 0 Å². The molecule has 5 heteroatoms. The molecule has 0 fully saturated rings. The fourth-order valence-corrected chi connectivity index (χ4v) is 1.99. The van der Waals surface area contributed by atoms with Gasteiger partial charge in [-0.1, -0.05) is 11.6 Å². The van der Waals surface area contributed by atoms with E-state index in [0.29, 0.717) is 20.5 Å². The number of hydrogen-bond donors (Lipinski definition) is 1. The largest absolute Gasteiger partial charge is 0.465 e. The lowest BCUT2D eigenvalue weighted by Crippen LogP contribution is -2.04. The summed E-state index contributed by atoms with van der Waals surface area (Å²) in [4.78, 5) is 11.1. The molecule has 2 N–H and O–H groups in total. The molecule has 1 rings (SSSR count). The fourth-order valence-electron chi connectivity index (χ4n) is 0.863. The van der Waals surface area contributed by atoms with Gasteiger partial charge in [-0.05, 0) is 12.5 Å². The summed E-state index contributed by atoms with van der Waals surface area (Å²) in [5.41, 5.74) is 6.62. The Bertz CT molecular complexity index is 321.